The van der Waals surface area contributed by atoms with Crippen LogP contribution >= 0.6 is 11.3 Å². The van der Waals surface area contributed by atoms with Crippen LogP contribution in [0.5, 0.6) is 5.75 Å². The lowest BCUT2D eigenvalue weighted by Crippen LogP contribution is -2.32. The van der Waals surface area contributed by atoms with Crippen LogP contribution in [0.15, 0.2) is 66.2 Å². The first kappa shape index (κ1) is 21.6. The summed E-state index contributed by atoms with van der Waals surface area (Å²) < 4.78 is 6.01. The maximum atomic E-state index is 13.5. The number of aromatic nitrogens is 3. The van der Waals surface area contributed by atoms with Crippen molar-refractivity contribution < 1.29 is 9.53 Å². The highest BCUT2D eigenvalue weighted by Crippen LogP contribution is 2.32. The number of carbonyl (C=O) groups is 1. The number of rotatable bonds is 3. The number of hydrogen-bond donors (Lipinski definition) is 1. The first-order valence-corrected chi connectivity index (χ1v) is 12.5. The number of amides is 1. The van der Waals surface area contributed by atoms with Gasteiger partial charge in [0.05, 0.1) is 17.6 Å². The lowest BCUT2D eigenvalue weighted by atomic mass is 10.0. The number of carbonyl (C=O) groups excluding carboxylic acids is 1. The van der Waals surface area contributed by atoms with Crippen molar-refractivity contribution in [1.82, 2.24) is 19.9 Å². The zero-order valence-corrected chi connectivity index (χ0v) is 20.4. The van der Waals surface area contributed by atoms with E-state index in [9.17, 15) is 4.79 Å². The normalized spacial score (nSPS) is 13.4. The number of hydrogen-bond acceptors (Lipinski definition) is 5. The van der Waals surface area contributed by atoms with Crippen molar-refractivity contribution in [2.45, 2.75) is 20.4 Å². The number of thiazole rings is 1. The van der Waals surface area contributed by atoms with Crippen LogP contribution < -0.4 is 4.74 Å². The highest BCUT2D eigenvalue weighted by molar-refractivity contribution is 7.13. The molecule has 3 heterocycles. The number of aromatic amines is 1. The Bertz CT molecular complexity index is 1560. The Hall–Kier alpha value is -3.97. The van der Waals surface area contributed by atoms with Crippen LogP contribution in [-0.2, 0) is 6.54 Å². The number of aryl methyl sites for hydroxylation is 2. The predicted octanol–water partition coefficient (Wildman–Crippen LogP) is 6.01. The number of fused-ring (bicyclic) bond motifs is 2. The van der Waals surface area contributed by atoms with Gasteiger partial charge in [0.15, 0.2) is 0 Å². The van der Waals surface area contributed by atoms with Crippen LogP contribution in [-0.4, -0.2) is 38.9 Å². The van der Waals surface area contributed by atoms with Gasteiger partial charge >= 0.3 is 0 Å². The minimum Gasteiger partial charge on any atom is -0.491 e. The van der Waals surface area contributed by atoms with Gasteiger partial charge in [0.1, 0.15) is 23.2 Å². The molecule has 1 amide bonds. The molecule has 35 heavy (non-hydrogen) atoms. The summed E-state index contributed by atoms with van der Waals surface area (Å²) in [6.45, 7) is 5.45. The second kappa shape index (κ2) is 8.67. The molecule has 0 fully saturated rings. The molecule has 0 spiro atoms. The van der Waals surface area contributed by atoms with Crippen LogP contribution in [0.3, 0.4) is 0 Å². The first-order valence-electron chi connectivity index (χ1n) is 11.6. The van der Waals surface area contributed by atoms with Gasteiger partial charge in [0, 0.05) is 34.8 Å². The third kappa shape index (κ3) is 4.08. The molecule has 5 aromatic rings. The van der Waals surface area contributed by atoms with Gasteiger partial charge in [-0.1, -0.05) is 18.2 Å². The molecule has 1 aliphatic heterocycles. The van der Waals surface area contributed by atoms with Crippen molar-refractivity contribution in [2.24, 2.45) is 0 Å². The number of H-pyrrole nitrogens is 1. The lowest BCUT2D eigenvalue weighted by Gasteiger charge is -2.21. The van der Waals surface area contributed by atoms with E-state index in [1.807, 2.05) is 54.5 Å². The summed E-state index contributed by atoms with van der Waals surface area (Å²) in [5.41, 5.74) is 7.85. The summed E-state index contributed by atoms with van der Waals surface area (Å²) in [7, 11) is 0. The van der Waals surface area contributed by atoms with E-state index < -0.39 is 0 Å². The van der Waals surface area contributed by atoms with E-state index in [2.05, 4.69) is 39.2 Å². The second-order valence-electron chi connectivity index (χ2n) is 8.82. The van der Waals surface area contributed by atoms with E-state index in [0.29, 0.717) is 25.3 Å². The molecule has 2 aromatic heterocycles. The van der Waals surface area contributed by atoms with Gasteiger partial charge in [-0.3, -0.25) is 4.79 Å². The SMILES string of the molecule is Cc1nc2ccc(-c3ccc4c(c3)CN(C(=O)c3ccc(-c5nccs5)cc3C)CCO4)cc2[nH]1. The molecule has 6 nitrogen and oxygen atoms in total. The topological polar surface area (TPSA) is 71.1 Å². The minimum absolute atomic E-state index is 0.0180. The fourth-order valence-corrected chi connectivity index (χ4v) is 5.27. The Morgan fingerprint density at radius 2 is 1.86 bits per heavy atom. The van der Waals surface area contributed by atoms with Crippen molar-refractivity contribution in [1.29, 1.82) is 0 Å². The fourth-order valence-electron chi connectivity index (χ4n) is 4.64. The molecular formula is C28H24N4O2S. The molecule has 1 aliphatic rings. The summed E-state index contributed by atoms with van der Waals surface area (Å²) in [6.07, 6.45) is 1.80. The number of nitrogens with one attached hydrogen (secondary N) is 1. The van der Waals surface area contributed by atoms with Gasteiger partial charge in [0.25, 0.3) is 5.91 Å². The number of benzene rings is 3. The molecule has 0 aliphatic carbocycles. The van der Waals surface area contributed by atoms with Crippen LogP contribution in [0.2, 0.25) is 0 Å². The quantitative estimate of drug-likeness (QED) is 0.344. The highest BCUT2D eigenvalue weighted by atomic mass is 32.1. The van der Waals surface area contributed by atoms with E-state index in [0.717, 1.165) is 55.4 Å². The van der Waals surface area contributed by atoms with Crippen molar-refractivity contribution in [3.63, 3.8) is 0 Å². The molecule has 0 radical (unpaired) electrons. The van der Waals surface area contributed by atoms with Gasteiger partial charge in [-0.25, -0.2) is 9.97 Å². The third-order valence-electron chi connectivity index (χ3n) is 6.40. The van der Waals surface area contributed by atoms with Gasteiger partial charge in [-0.15, -0.1) is 11.3 Å². The van der Waals surface area contributed by atoms with Crippen molar-refractivity contribution in [3.8, 4) is 27.4 Å². The standard InChI is InChI=1S/C28H24N4O2S/c1-17-13-21(27-29-9-12-35-27)3-6-23(17)28(33)32-10-11-34-26-8-5-19(14-22(26)16-32)20-4-7-24-25(15-20)31-18(2)30-24/h3-9,12-15H,10-11,16H2,1-2H3,(H,30,31). The van der Waals surface area contributed by atoms with Crippen molar-refractivity contribution in [3.05, 3.63) is 88.7 Å². The van der Waals surface area contributed by atoms with E-state index in [4.69, 9.17) is 4.74 Å². The Morgan fingerprint density at radius 3 is 2.69 bits per heavy atom. The first-order chi connectivity index (χ1) is 17.0. The Labute approximate surface area is 207 Å². The number of ether oxygens (including phenoxy) is 1. The van der Waals surface area contributed by atoms with Crippen LogP contribution in [0.4, 0.5) is 0 Å². The predicted molar refractivity (Wildman–Crippen MR) is 139 cm³/mol. The Kier molecular flexibility index (Phi) is 5.34. The largest absolute Gasteiger partial charge is 0.491 e. The molecule has 6 rings (SSSR count). The average Bonchev–Trinajstić information content (AvgIpc) is 3.47. The zero-order chi connectivity index (χ0) is 23.9. The molecule has 174 valence electrons. The summed E-state index contributed by atoms with van der Waals surface area (Å²) in [6, 6.07) is 18.4. The number of imidazole rings is 1. The third-order valence-corrected chi connectivity index (χ3v) is 7.22. The molecule has 0 saturated carbocycles. The van der Waals surface area contributed by atoms with Gasteiger partial charge in [0.2, 0.25) is 0 Å². The summed E-state index contributed by atoms with van der Waals surface area (Å²) in [5.74, 6) is 1.75. The maximum absolute atomic E-state index is 13.5. The van der Waals surface area contributed by atoms with Crippen LogP contribution in [0.1, 0.15) is 27.3 Å². The van der Waals surface area contributed by atoms with Gasteiger partial charge in [-0.2, -0.15) is 0 Å². The zero-order valence-electron chi connectivity index (χ0n) is 19.5. The van der Waals surface area contributed by atoms with E-state index in [-0.39, 0.29) is 5.91 Å². The van der Waals surface area contributed by atoms with Gasteiger partial charge < -0.3 is 14.6 Å². The average molecular weight is 481 g/mol. The summed E-state index contributed by atoms with van der Waals surface area (Å²) in [4.78, 5) is 27.6. The Morgan fingerprint density at radius 1 is 1.03 bits per heavy atom. The van der Waals surface area contributed by atoms with Crippen LogP contribution in [0.25, 0.3) is 32.7 Å². The van der Waals surface area contributed by atoms with E-state index in [1.165, 1.54) is 0 Å². The fraction of sp³-hybridized carbons (Fsp3) is 0.179. The van der Waals surface area contributed by atoms with Crippen molar-refractivity contribution in [2.75, 3.05) is 13.2 Å². The summed E-state index contributed by atoms with van der Waals surface area (Å²) >= 11 is 1.59. The van der Waals surface area contributed by atoms with E-state index >= 15 is 0 Å². The molecule has 0 atom stereocenters. The number of nitrogens with zero attached hydrogens (tertiary/aromatic N) is 3. The molecule has 3 aromatic carbocycles. The molecule has 1 N–H and O–H groups in total. The summed E-state index contributed by atoms with van der Waals surface area (Å²) in [5, 5.41) is 2.92. The molecular weight excluding hydrogens is 456 g/mol. The smallest absolute Gasteiger partial charge is 0.254 e. The lowest BCUT2D eigenvalue weighted by molar-refractivity contribution is 0.0732. The maximum Gasteiger partial charge on any atom is 0.254 e. The molecule has 0 bridgehead atoms. The van der Waals surface area contributed by atoms with Gasteiger partial charge in [-0.05, 0) is 66.9 Å². The molecule has 0 unspecified atom stereocenters. The Balaban J connectivity index is 1.29. The minimum atomic E-state index is 0.0180. The van der Waals surface area contributed by atoms with Crippen molar-refractivity contribution >= 4 is 28.3 Å². The molecule has 0 saturated heterocycles. The van der Waals surface area contributed by atoms with E-state index in [1.54, 1.807) is 17.5 Å². The van der Waals surface area contributed by atoms with Crippen LogP contribution in [0, 0.1) is 13.8 Å². The highest BCUT2D eigenvalue weighted by Gasteiger charge is 2.23. The second-order valence-corrected chi connectivity index (χ2v) is 9.71. The molecule has 7 heteroatoms. The monoisotopic (exact) mass is 480 g/mol.